The third-order valence-corrected chi connectivity index (χ3v) is 5.27. The van der Waals surface area contributed by atoms with E-state index in [1.807, 2.05) is 0 Å². The lowest BCUT2D eigenvalue weighted by molar-refractivity contribution is 0.0581. The molecule has 1 saturated heterocycles. The van der Waals surface area contributed by atoms with Crippen molar-refractivity contribution in [3.63, 3.8) is 0 Å². The summed E-state index contributed by atoms with van der Waals surface area (Å²) >= 11 is 0. The molecule has 1 heterocycles. The number of nitrogens with one attached hydrogen (secondary N) is 1. The molecule has 1 saturated carbocycles. The topological polar surface area (TPSA) is 41.3 Å². The van der Waals surface area contributed by atoms with Crippen LogP contribution in [-0.4, -0.2) is 29.6 Å². The van der Waals surface area contributed by atoms with Crippen LogP contribution in [0.15, 0.2) is 0 Å². The van der Waals surface area contributed by atoms with Crippen molar-refractivity contribution in [1.82, 2.24) is 10.3 Å². The van der Waals surface area contributed by atoms with Crippen molar-refractivity contribution in [1.29, 1.82) is 0 Å². The zero-order valence-corrected chi connectivity index (χ0v) is 11.5. The SMILES string of the molecule is CCC(C)(C(NN)C1CCCC1)N1CCCC1. The van der Waals surface area contributed by atoms with Gasteiger partial charge in [0.05, 0.1) is 0 Å². The van der Waals surface area contributed by atoms with Crippen LogP contribution in [0.25, 0.3) is 0 Å². The second kappa shape index (κ2) is 5.68. The summed E-state index contributed by atoms with van der Waals surface area (Å²) in [4.78, 5) is 2.68. The fourth-order valence-electron chi connectivity index (χ4n) is 3.98. The molecule has 2 atom stereocenters. The molecule has 2 fully saturated rings. The van der Waals surface area contributed by atoms with E-state index in [0.29, 0.717) is 6.04 Å². The van der Waals surface area contributed by atoms with Crippen LogP contribution in [0.5, 0.6) is 0 Å². The second-order valence-corrected chi connectivity index (χ2v) is 6.09. The Bertz CT molecular complexity index is 232. The molecule has 3 nitrogen and oxygen atoms in total. The first kappa shape index (κ1) is 13.3. The highest BCUT2D eigenvalue weighted by molar-refractivity contribution is 5.00. The second-order valence-electron chi connectivity index (χ2n) is 6.09. The fraction of sp³-hybridized carbons (Fsp3) is 1.00. The van der Waals surface area contributed by atoms with Crippen LogP contribution in [0.2, 0.25) is 0 Å². The minimum Gasteiger partial charge on any atom is -0.296 e. The number of likely N-dealkylation sites (tertiary alicyclic amines) is 1. The van der Waals surface area contributed by atoms with Gasteiger partial charge in [0, 0.05) is 11.6 Å². The van der Waals surface area contributed by atoms with Gasteiger partial charge in [-0.25, -0.2) is 0 Å². The van der Waals surface area contributed by atoms with Crippen LogP contribution in [0.4, 0.5) is 0 Å². The Balaban J connectivity index is 2.11. The van der Waals surface area contributed by atoms with Crippen molar-refractivity contribution in [2.75, 3.05) is 13.1 Å². The number of nitrogens with zero attached hydrogens (tertiary/aromatic N) is 1. The Hall–Kier alpha value is -0.120. The number of hydrazine groups is 1. The third-order valence-electron chi connectivity index (χ3n) is 5.27. The summed E-state index contributed by atoms with van der Waals surface area (Å²) in [7, 11) is 0. The first-order chi connectivity index (χ1) is 8.22. The van der Waals surface area contributed by atoms with Crippen LogP contribution in [0.1, 0.15) is 58.8 Å². The van der Waals surface area contributed by atoms with E-state index in [4.69, 9.17) is 5.84 Å². The van der Waals surface area contributed by atoms with Gasteiger partial charge in [-0.1, -0.05) is 19.8 Å². The largest absolute Gasteiger partial charge is 0.296 e. The maximum absolute atomic E-state index is 5.91. The molecule has 1 aliphatic heterocycles. The molecule has 1 aliphatic carbocycles. The van der Waals surface area contributed by atoms with E-state index in [9.17, 15) is 0 Å². The van der Waals surface area contributed by atoms with Gasteiger partial charge in [0.1, 0.15) is 0 Å². The Morgan fingerprint density at radius 1 is 1.24 bits per heavy atom. The van der Waals surface area contributed by atoms with E-state index in [-0.39, 0.29) is 5.54 Å². The molecule has 0 radical (unpaired) electrons. The van der Waals surface area contributed by atoms with Gasteiger partial charge in [0.25, 0.3) is 0 Å². The first-order valence-corrected chi connectivity index (χ1v) is 7.43. The van der Waals surface area contributed by atoms with Crippen molar-refractivity contribution in [2.24, 2.45) is 11.8 Å². The van der Waals surface area contributed by atoms with Crippen LogP contribution in [0, 0.1) is 5.92 Å². The number of hydrogen-bond donors (Lipinski definition) is 2. The van der Waals surface area contributed by atoms with E-state index in [0.717, 1.165) is 5.92 Å². The molecule has 3 N–H and O–H groups in total. The standard InChI is InChI=1S/C14H29N3/c1-3-14(2,17-10-6-7-11-17)13(16-15)12-8-4-5-9-12/h12-13,16H,3-11,15H2,1-2H3. The summed E-state index contributed by atoms with van der Waals surface area (Å²) in [6, 6.07) is 0.466. The highest BCUT2D eigenvalue weighted by atomic mass is 15.3. The van der Waals surface area contributed by atoms with Gasteiger partial charge in [0.2, 0.25) is 0 Å². The normalized spacial score (nSPS) is 28.4. The van der Waals surface area contributed by atoms with Gasteiger partial charge < -0.3 is 0 Å². The number of rotatable bonds is 5. The molecule has 2 aliphatic rings. The van der Waals surface area contributed by atoms with Gasteiger partial charge in [-0.05, 0) is 58.0 Å². The molecular weight excluding hydrogens is 210 g/mol. The molecule has 3 heteroatoms. The van der Waals surface area contributed by atoms with Crippen LogP contribution in [0.3, 0.4) is 0 Å². The third kappa shape index (κ3) is 2.51. The summed E-state index contributed by atoms with van der Waals surface area (Å²) in [5, 5.41) is 0. The van der Waals surface area contributed by atoms with Gasteiger partial charge in [-0.2, -0.15) is 0 Å². The summed E-state index contributed by atoms with van der Waals surface area (Å²) in [5.74, 6) is 6.69. The van der Waals surface area contributed by atoms with Crippen molar-refractivity contribution in [3.05, 3.63) is 0 Å². The van der Waals surface area contributed by atoms with E-state index < -0.39 is 0 Å². The minimum atomic E-state index is 0.250. The molecule has 0 aromatic heterocycles. The number of nitrogens with two attached hydrogens (primary N) is 1. The van der Waals surface area contributed by atoms with E-state index in [1.54, 1.807) is 0 Å². The Labute approximate surface area is 106 Å². The van der Waals surface area contributed by atoms with Gasteiger partial charge in [0.15, 0.2) is 0 Å². The Morgan fingerprint density at radius 3 is 2.29 bits per heavy atom. The van der Waals surface area contributed by atoms with Crippen LogP contribution < -0.4 is 11.3 Å². The lowest BCUT2D eigenvalue weighted by atomic mass is 9.79. The smallest absolute Gasteiger partial charge is 0.0420 e. The van der Waals surface area contributed by atoms with Crippen LogP contribution >= 0.6 is 0 Å². The van der Waals surface area contributed by atoms with Gasteiger partial charge >= 0.3 is 0 Å². The monoisotopic (exact) mass is 239 g/mol. The predicted octanol–water partition coefficient (Wildman–Crippen LogP) is 2.27. The predicted molar refractivity (Wildman–Crippen MR) is 72.6 cm³/mol. The lowest BCUT2D eigenvalue weighted by Gasteiger charge is -2.46. The summed E-state index contributed by atoms with van der Waals surface area (Å²) in [6.07, 6.45) is 9.41. The fourth-order valence-corrected chi connectivity index (χ4v) is 3.98. The molecule has 0 bridgehead atoms. The Morgan fingerprint density at radius 2 is 1.82 bits per heavy atom. The zero-order chi connectivity index (χ0) is 12.3. The maximum atomic E-state index is 5.91. The van der Waals surface area contributed by atoms with Crippen molar-refractivity contribution in [2.45, 2.75) is 70.4 Å². The molecule has 0 aromatic carbocycles. The number of hydrogen-bond acceptors (Lipinski definition) is 3. The van der Waals surface area contributed by atoms with Crippen molar-refractivity contribution in [3.8, 4) is 0 Å². The molecule has 100 valence electrons. The average Bonchev–Trinajstić information content (AvgIpc) is 3.02. The van der Waals surface area contributed by atoms with Gasteiger partial charge in [-0.15, -0.1) is 0 Å². The molecule has 0 spiro atoms. The highest BCUT2D eigenvalue weighted by Gasteiger charge is 2.43. The molecule has 2 rings (SSSR count). The van der Waals surface area contributed by atoms with Crippen molar-refractivity contribution >= 4 is 0 Å². The molecule has 0 aromatic rings. The van der Waals surface area contributed by atoms with E-state index >= 15 is 0 Å². The summed E-state index contributed by atoms with van der Waals surface area (Å²) in [6.45, 7) is 7.25. The van der Waals surface area contributed by atoms with Gasteiger partial charge in [-0.3, -0.25) is 16.2 Å². The lowest BCUT2D eigenvalue weighted by Crippen LogP contribution is -2.62. The quantitative estimate of drug-likeness (QED) is 0.571. The molecule has 0 amide bonds. The Kier molecular flexibility index (Phi) is 4.45. The molecule has 2 unspecified atom stereocenters. The average molecular weight is 239 g/mol. The zero-order valence-electron chi connectivity index (χ0n) is 11.5. The summed E-state index contributed by atoms with van der Waals surface area (Å²) < 4.78 is 0. The molecular formula is C14H29N3. The summed E-state index contributed by atoms with van der Waals surface area (Å²) in [5.41, 5.74) is 3.42. The maximum Gasteiger partial charge on any atom is 0.0420 e. The van der Waals surface area contributed by atoms with E-state index in [2.05, 4.69) is 24.2 Å². The van der Waals surface area contributed by atoms with Crippen LogP contribution in [-0.2, 0) is 0 Å². The first-order valence-electron chi connectivity index (χ1n) is 7.43. The minimum absolute atomic E-state index is 0.250. The van der Waals surface area contributed by atoms with Crippen molar-refractivity contribution < 1.29 is 0 Å². The highest BCUT2D eigenvalue weighted by Crippen LogP contribution is 2.37. The van der Waals surface area contributed by atoms with E-state index in [1.165, 1.54) is 58.0 Å². The molecule has 17 heavy (non-hydrogen) atoms.